The lowest BCUT2D eigenvalue weighted by atomic mass is 9.43. The third kappa shape index (κ3) is 2.52. The summed E-state index contributed by atoms with van der Waals surface area (Å²) in [5.74, 6) is -1.20. The lowest BCUT2D eigenvalue weighted by Gasteiger charge is -2.64. The molecular weight excluding hydrogens is 360 g/mol. The number of carbonyl (C=O) groups is 3. The fraction of sp³-hybridized carbons (Fsp3) is 0.864. The van der Waals surface area contributed by atoms with E-state index in [1.807, 2.05) is 6.92 Å². The molecule has 156 valence electrons. The molecule has 0 aromatic rings. The molecule has 2 aliphatic heterocycles. The molecule has 4 rings (SSSR count). The molecule has 2 aliphatic carbocycles. The summed E-state index contributed by atoms with van der Waals surface area (Å²) < 4.78 is 17.7. The Bertz CT molecular complexity index is 729. The summed E-state index contributed by atoms with van der Waals surface area (Å²) >= 11 is 0. The van der Waals surface area contributed by atoms with Crippen LogP contribution in [0.4, 0.5) is 0 Å². The van der Waals surface area contributed by atoms with Crippen molar-refractivity contribution in [1.82, 2.24) is 0 Å². The number of hydrogen-bond acceptors (Lipinski definition) is 6. The van der Waals surface area contributed by atoms with E-state index in [-0.39, 0.29) is 41.5 Å². The molecule has 0 bridgehead atoms. The summed E-state index contributed by atoms with van der Waals surface area (Å²) in [4.78, 5) is 37.2. The van der Waals surface area contributed by atoms with Gasteiger partial charge in [0.1, 0.15) is 12.2 Å². The van der Waals surface area contributed by atoms with E-state index in [1.54, 1.807) is 0 Å². The number of hydrogen-bond donors (Lipinski definition) is 0. The second-order valence-corrected chi connectivity index (χ2v) is 10.4. The minimum absolute atomic E-state index is 0.0464. The Kier molecular flexibility index (Phi) is 4.28. The van der Waals surface area contributed by atoms with Gasteiger partial charge in [0.25, 0.3) is 0 Å². The lowest BCUT2D eigenvalue weighted by molar-refractivity contribution is -0.260. The summed E-state index contributed by atoms with van der Waals surface area (Å²) in [6.45, 7) is 10.1. The molecular formula is C22H32O6. The fourth-order valence-corrected chi connectivity index (χ4v) is 7.16. The van der Waals surface area contributed by atoms with Gasteiger partial charge in [-0.3, -0.25) is 14.4 Å². The highest BCUT2D eigenvalue weighted by molar-refractivity contribution is 5.90. The number of Topliss-reactive ketones (excluding diaryl/α,β-unsaturated/α-hetero) is 1. The molecule has 2 heterocycles. The number of fused-ring (bicyclic) bond motifs is 2. The highest BCUT2D eigenvalue weighted by atomic mass is 16.6. The van der Waals surface area contributed by atoms with Gasteiger partial charge in [-0.05, 0) is 31.1 Å². The Morgan fingerprint density at radius 2 is 1.82 bits per heavy atom. The Morgan fingerprint density at radius 3 is 2.43 bits per heavy atom. The average molecular weight is 392 g/mol. The van der Waals surface area contributed by atoms with Crippen molar-refractivity contribution in [2.24, 2.45) is 22.7 Å². The van der Waals surface area contributed by atoms with Crippen molar-refractivity contribution < 1.29 is 28.6 Å². The van der Waals surface area contributed by atoms with E-state index < -0.39 is 29.2 Å². The topological polar surface area (TPSA) is 78.9 Å². The molecule has 0 aromatic heterocycles. The van der Waals surface area contributed by atoms with Crippen LogP contribution in [0.2, 0.25) is 0 Å². The summed E-state index contributed by atoms with van der Waals surface area (Å²) in [5, 5.41) is 0. The van der Waals surface area contributed by atoms with Crippen LogP contribution in [0.5, 0.6) is 0 Å². The Balaban J connectivity index is 1.81. The normalized spacial score (nSPS) is 47.2. The molecule has 4 aliphatic rings. The zero-order chi connectivity index (χ0) is 20.5. The van der Waals surface area contributed by atoms with Crippen LogP contribution in [0.25, 0.3) is 0 Å². The van der Waals surface area contributed by atoms with Gasteiger partial charge in [0, 0.05) is 24.2 Å². The second-order valence-electron chi connectivity index (χ2n) is 10.4. The van der Waals surface area contributed by atoms with E-state index in [0.717, 1.165) is 32.1 Å². The summed E-state index contributed by atoms with van der Waals surface area (Å²) in [7, 11) is 0. The van der Waals surface area contributed by atoms with E-state index in [0.29, 0.717) is 0 Å². The fourth-order valence-electron chi connectivity index (χ4n) is 7.16. The molecule has 6 heteroatoms. The molecule has 0 N–H and O–H groups in total. The quantitative estimate of drug-likeness (QED) is 0.638. The summed E-state index contributed by atoms with van der Waals surface area (Å²) in [6.07, 6.45) is 3.91. The van der Waals surface area contributed by atoms with Gasteiger partial charge in [-0.25, -0.2) is 0 Å². The standard InChI is InChI=1S/C22H32O6/c1-13-16(25)17(27-14(2)23)18-19(3,4)7-6-8-20(18,5)22(13)10-9-21(28-22)11-15(24)26-12-21/h13,17-18H,6-12H2,1-5H3/t13-,17+,18+,20+,21-,22-/m1/s1. The van der Waals surface area contributed by atoms with Gasteiger partial charge in [0.2, 0.25) is 0 Å². The minimum Gasteiger partial charge on any atom is -0.463 e. The Hall–Kier alpha value is -1.43. The van der Waals surface area contributed by atoms with E-state index in [1.165, 1.54) is 6.92 Å². The monoisotopic (exact) mass is 392 g/mol. The molecule has 6 nitrogen and oxygen atoms in total. The number of carbonyl (C=O) groups excluding carboxylic acids is 3. The molecule has 2 spiro atoms. The third-order valence-electron chi connectivity index (χ3n) is 8.33. The Morgan fingerprint density at radius 1 is 1.11 bits per heavy atom. The van der Waals surface area contributed by atoms with Crippen LogP contribution in [0.3, 0.4) is 0 Å². The highest BCUT2D eigenvalue weighted by Gasteiger charge is 2.73. The zero-order valence-electron chi connectivity index (χ0n) is 17.6. The van der Waals surface area contributed by atoms with Crippen LogP contribution in [0, 0.1) is 22.7 Å². The average Bonchev–Trinajstić information content (AvgIpc) is 3.14. The van der Waals surface area contributed by atoms with Crippen molar-refractivity contribution in [2.45, 2.75) is 90.4 Å². The first kappa shape index (κ1) is 19.9. The van der Waals surface area contributed by atoms with Crippen molar-refractivity contribution in [3.63, 3.8) is 0 Å². The smallest absolute Gasteiger partial charge is 0.308 e. The zero-order valence-corrected chi connectivity index (χ0v) is 17.6. The van der Waals surface area contributed by atoms with E-state index >= 15 is 0 Å². The maximum absolute atomic E-state index is 13.5. The maximum Gasteiger partial charge on any atom is 0.308 e. The van der Waals surface area contributed by atoms with Gasteiger partial charge < -0.3 is 14.2 Å². The van der Waals surface area contributed by atoms with Crippen LogP contribution in [-0.4, -0.2) is 41.6 Å². The first-order chi connectivity index (χ1) is 13.0. The molecule has 0 radical (unpaired) electrons. The van der Waals surface area contributed by atoms with Crippen molar-refractivity contribution >= 4 is 17.7 Å². The number of esters is 2. The van der Waals surface area contributed by atoms with Gasteiger partial charge in [0.15, 0.2) is 11.9 Å². The van der Waals surface area contributed by atoms with E-state index in [9.17, 15) is 14.4 Å². The lowest BCUT2D eigenvalue weighted by Crippen LogP contribution is -2.70. The van der Waals surface area contributed by atoms with Crippen LogP contribution in [0.15, 0.2) is 0 Å². The predicted octanol–water partition coefficient (Wildman–Crippen LogP) is 3.20. The first-order valence-electron chi connectivity index (χ1n) is 10.5. The van der Waals surface area contributed by atoms with Gasteiger partial charge >= 0.3 is 11.9 Å². The molecule has 0 unspecified atom stereocenters. The molecule has 4 fully saturated rings. The molecule has 28 heavy (non-hydrogen) atoms. The van der Waals surface area contributed by atoms with E-state index in [2.05, 4.69) is 20.8 Å². The van der Waals surface area contributed by atoms with Crippen LogP contribution < -0.4 is 0 Å². The van der Waals surface area contributed by atoms with Crippen LogP contribution in [0.1, 0.15) is 73.1 Å². The van der Waals surface area contributed by atoms with Crippen molar-refractivity contribution in [2.75, 3.05) is 6.61 Å². The second kappa shape index (κ2) is 6.04. The van der Waals surface area contributed by atoms with Crippen molar-refractivity contribution in [3.05, 3.63) is 0 Å². The largest absolute Gasteiger partial charge is 0.463 e. The molecule has 6 atom stereocenters. The van der Waals surface area contributed by atoms with Gasteiger partial charge in [-0.1, -0.05) is 34.1 Å². The van der Waals surface area contributed by atoms with Gasteiger partial charge in [-0.2, -0.15) is 0 Å². The van der Waals surface area contributed by atoms with Crippen LogP contribution >= 0.6 is 0 Å². The SMILES string of the molecule is CC(=O)O[C@H]1C(=O)[C@@H](C)[C@]2(CC[C@@]3(COC(=O)C3)O2)[C@@]2(C)CCCC(C)(C)[C@H]12. The maximum atomic E-state index is 13.5. The number of cyclic esters (lactones) is 1. The van der Waals surface area contributed by atoms with E-state index in [4.69, 9.17) is 14.2 Å². The summed E-state index contributed by atoms with van der Waals surface area (Å²) in [5.41, 5.74) is -1.75. The number of rotatable bonds is 1. The van der Waals surface area contributed by atoms with Crippen LogP contribution in [-0.2, 0) is 28.6 Å². The molecule has 2 saturated carbocycles. The first-order valence-corrected chi connectivity index (χ1v) is 10.5. The van der Waals surface area contributed by atoms with Gasteiger partial charge in [0.05, 0.1) is 12.0 Å². The minimum atomic E-state index is -0.736. The summed E-state index contributed by atoms with van der Waals surface area (Å²) in [6, 6.07) is 0. The number of ketones is 1. The number of ether oxygens (including phenoxy) is 3. The highest BCUT2D eigenvalue weighted by Crippen LogP contribution is 2.67. The molecule has 0 amide bonds. The van der Waals surface area contributed by atoms with Crippen molar-refractivity contribution in [3.8, 4) is 0 Å². The Labute approximate surface area is 166 Å². The molecule has 2 saturated heterocycles. The molecule has 0 aromatic carbocycles. The third-order valence-corrected chi connectivity index (χ3v) is 8.33. The predicted molar refractivity (Wildman–Crippen MR) is 100 cm³/mol. The van der Waals surface area contributed by atoms with Crippen molar-refractivity contribution in [1.29, 1.82) is 0 Å². The van der Waals surface area contributed by atoms with Gasteiger partial charge in [-0.15, -0.1) is 0 Å².